The van der Waals surface area contributed by atoms with Crippen molar-refractivity contribution in [2.45, 2.75) is 38.6 Å². The van der Waals surface area contributed by atoms with Gasteiger partial charge in [-0.2, -0.15) is 9.36 Å². The van der Waals surface area contributed by atoms with Gasteiger partial charge in [-0.05, 0) is 56.6 Å². The molecular formula is C19H25N7OS. The fraction of sp³-hybridized carbons (Fsp3) is 0.579. The van der Waals surface area contributed by atoms with Gasteiger partial charge in [0.25, 0.3) is 0 Å². The quantitative estimate of drug-likeness (QED) is 0.722. The fourth-order valence-corrected chi connectivity index (χ4v) is 5.24. The van der Waals surface area contributed by atoms with Crippen LogP contribution in [0.25, 0.3) is 5.65 Å². The van der Waals surface area contributed by atoms with Crippen LogP contribution in [0.4, 0.5) is 11.1 Å². The molecule has 1 aliphatic heterocycles. The Bertz CT molecular complexity index is 970. The average molecular weight is 400 g/mol. The molecular weight excluding hydrogens is 374 g/mol. The number of anilines is 2. The van der Waals surface area contributed by atoms with Gasteiger partial charge in [-0.15, -0.1) is 5.10 Å². The van der Waals surface area contributed by atoms with Crippen molar-refractivity contribution in [2.24, 2.45) is 11.8 Å². The summed E-state index contributed by atoms with van der Waals surface area (Å²) in [5.41, 5.74) is 0.744. The van der Waals surface area contributed by atoms with E-state index in [4.69, 9.17) is 4.74 Å². The molecule has 2 fully saturated rings. The minimum Gasteiger partial charge on any atom is -0.493 e. The molecule has 28 heavy (non-hydrogen) atoms. The second-order valence-electron chi connectivity index (χ2n) is 7.84. The molecule has 2 bridgehead atoms. The molecule has 3 aromatic heterocycles. The SMILES string of the molecule is COc1cccn2nc(NC3CC[C@@H]4CC[C@@H]3CN(c3nc(C)ns3)C4)nc12. The second-order valence-corrected chi connectivity index (χ2v) is 8.57. The molecule has 9 heteroatoms. The van der Waals surface area contributed by atoms with Crippen molar-refractivity contribution in [3.8, 4) is 5.75 Å². The number of pyridine rings is 1. The number of nitrogens with one attached hydrogen (secondary N) is 1. The van der Waals surface area contributed by atoms with Gasteiger partial charge in [0.15, 0.2) is 11.4 Å². The summed E-state index contributed by atoms with van der Waals surface area (Å²) in [6.45, 7) is 4.08. The van der Waals surface area contributed by atoms with Crippen molar-refractivity contribution in [2.75, 3.05) is 30.4 Å². The largest absolute Gasteiger partial charge is 0.493 e. The van der Waals surface area contributed by atoms with Crippen molar-refractivity contribution >= 4 is 28.3 Å². The van der Waals surface area contributed by atoms with Crippen LogP contribution in [0.15, 0.2) is 18.3 Å². The molecule has 1 saturated carbocycles. The summed E-state index contributed by atoms with van der Waals surface area (Å²) in [6, 6.07) is 4.20. The Balaban J connectivity index is 1.38. The molecule has 0 aromatic carbocycles. The number of methoxy groups -OCH3 is 1. The van der Waals surface area contributed by atoms with E-state index in [1.165, 1.54) is 30.8 Å². The summed E-state index contributed by atoms with van der Waals surface area (Å²) in [4.78, 5) is 11.8. The van der Waals surface area contributed by atoms with Crippen LogP contribution >= 0.6 is 11.5 Å². The number of rotatable bonds is 4. The maximum Gasteiger partial charge on any atom is 0.243 e. The van der Waals surface area contributed by atoms with E-state index in [0.29, 0.717) is 17.9 Å². The maximum atomic E-state index is 5.41. The molecule has 1 N–H and O–H groups in total. The van der Waals surface area contributed by atoms with Crippen LogP contribution < -0.4 is 15.0 Å². The number of aryl methyl sites for hydroxylation is 1. The molecule has 1 saturated heterocycles. The summed E-state index contributed by atoms with van der Waals surface area (Å²) in [5.74, 6) is 3.54. The lowest BCUT2D eigenvalue weighted by Crippen LogP contribution is -2.40. The van der Waals surface area contributed by atoms with Gasteiger partial charge in [0.1, 0.15) is 5.82 Å². The average Bonchev–Trinajstić information content (AvgIpc) is 3.18. The van der Waals surface area contributed by atoms with Gasteiger partial charge in [0, 0.05) is 36.9 Å². The van der Waals surface area contributed by atoms with E-state index in [1.807, 2.05) is 25.3 Å². The zero-order valence-electron chi connectivity index (χ0n) is 16.2. The third-order valence-corrected chi connectivity index (χ3v) is 6.85. The van der Waals surface area contributed by atoms with E-state index in [9.17, 15) is 0 Å². The van der Waals surface area contributed by atoms with E-state index in [-0.39, 0.29) is 0 Å². The van der Waals surface area contributed by atoms with E-state index < -0.39 is 0 Å². The number of hydrogen-bond donors (Lipinski definition) is 1. The third kappa shape index (κ3) is 3.28. The van der Waals surface area contributed by atoms with Crippen LogP contribution in [0.3, 0.4) is 0 Å². The first-order valence-corrected chi connectivity index (χ1v) is 10.7. The van der Waals surface area contributed by atoms with Gasteiger partial charge < -0.3 is 15.0 Å². The lowest BCUT2D eigenvalue weighted by molar-refractivity contribution is 0.406. The van der Waals surface area contributed by atoms with Crippen LogP contribution in [0.1, 0.15) is 31.5 Å². The van der Waals surface area contributed by atoms with Gasteiger partial charge >= 0.3 is 0 Å². The Morgan fingerprint density at radius 1 is 1.18 bits per heavy atom. The van der Waals surface area contributed by atoms with Gasteiger partial charge in [0.05, 0.1) is 7.11 Å². The van der Waals surface area contributed by atoms with Gasteiger partial charge in [-0.3, -0.25) is 0 Å². The molecule has 4 heterocycles. The second kappa shape index (κ2) is 7.20. The molecule has 1 aliphatic carbocycles. The maximum absolute atomic E-state index is 5.41. The summed E-state index contributed by atoms with van der Waals surface area (Å²) in [5, 5.41) is 9.31. The fourth-order valence-electron chi connectivity index (χ4n) is 4.55. The molecule has 0 spiro atoms. The van der Waals surface area contributed by atoms with Gasteiger partial charge in [0.2, 0.25) is 11.1 Å². The number of ether oxygens (including phenoxy) is 1. The Labute approximate surface area is 168 Å². The number of aromatic nitrogens is 5. The first-order valence-electron chi connectivity index (χ1n) is 9.91. The van der Waals surface area contributed by atoms with Crippen LogP contribution in [0, 0.1) is 18.8 Å². The smallest absolute Gasteiger partial charge is 0.243 e. The van der Waals surface area contributed by atoms with E-state index in [1.54, 1.807) is 11.6 Å². The number of hydrogen-bond acceptors (Lipinski definition) is 8. The zero-order valence-corrected chi connectivity index (χ0v) is 17.0. The molecule has 0 radical (unpaired) electrons. The predicted octanol–water partition coefficient (Wildman–Crippen LogP) is 3.00. The van der Waals surface area contributed by atoms with E-state index >= 15 is 0 Å². The Morgan fingerprint density at radius 3 is 2.89 bits per heavy atom. The first kappa shape index (κ1) is 17.7. The Kier molecular flexibility index (Phi) is 4.54. The van der Waals surface area contributed by atoms with Crippen LogP contribution in [0.5, 0.6) is 5.75 Å². The highest BCUT2D eigenvalue weighted by Gasteiger charge is 2.35. The lowest BCUT2D eigenvalue weighted by atomic mass is 9.94. The topological polar surface area (TPSA) is 80.5 Å². The van der Waals surface area contributed by atoms with Crippen molar-refractivity contribution < 1.29 is 4.74 Å². The molecule has 8 nitrogen and oxygen atoms in total. The zero-order chi connectivity index (χ0) is 19.1. The molecule has 3 aromatic rings. The summed E-state index contributed by atoms with van der Waals surface area (Å²) in [7, 11) is 1.66. The normalized spacial score (nSPS) is 24.9. The standard InChI is InChI=1S/C19H25N7OS/c1-12-20-19(28-24-12)25-10-13-5-7-14(11-25)15(8-6-13)21-18-22-17-16(27-2)4-3-9-26(17)23-18/h3-4,9,13-15H,5-8,10-11H2,1-2H3,(H,21,23)/t13-,14+,15?/m0/s1. The lowest BCUT2D eigenvalue weighted by Gasteiger charge is -2.33. The van der Waals surface area contributed by atoms with Crippen molar-refractivity contribution in [1.29, 1.82) is 0 Å². The van der Waals surface area contributed by atoms with E-state index in [2.05, 4.69) is 29.7 Å². The molecule has 0 amide bonds. The summed E-state index contributed by atoms with van der Waals surface area (Å²) < 4.78 is 11.6. The Hall–Kier alpha value is -2.42. The minimum atomic E-state index is 0.366. The van der Waals surface area contributed by atoms with Crippen molar-refractivity contribution in [3.05, 3.63) is 24.2 Å². The summed E-state index contributed by atoms with van der Waals surface area (Å²) in [6.07, 6.45) is 6.79. The highest BCUT2D eigenvalue weighted by atomic mass is 32.1. The molecule has 148 valence electrons. The number of nitrogens with zero attached hydrogens (tertiary/aromatic N) is 6. The van der Waals surface area contributed by atoms with Crippen LogP contribution in [-0.4, -0.2) is 50.2 Å². The summed E-state index contributed by atoms with van der Waals surface area (Å²) >= 11 is 1.52. The monoisotopic (exact) mass is 399 g/mol. The van der Waals surface area contributed by atoms with Gasteiger partial charge in [-0.25, -0.2) is 9.50 Å². The van der Waals surface area contributed by atoms with Gasteiger partial charge in [-0.1, -0.05) is 0 Å². The molecule has 1 unspecified atom stereocenters. The first-order chi connectivity index (χ1) is 13.7. The van der Waals surface area contributed by atoms with Crippen molar-refractivity contribution in [3.63, 3.8) is 0 Å². The highest BCUT2D eigenvalue weighted by molar-refractivity contribution is 7.09. The molecule has 5 rings (SSSR count). The van der Waals surface area contributed by atoms with E-state index in [0.717, 1.165) is 47.8 Å². The van der Waals surface area contributed by atoms with Crippen LogP contribution in [0.2, 0.25) is 0 Å². The predicted molar refractivity (Wildman–Crippen MR) is 109 cm³/mol. The van der Waals surface area contributed by atoms with Crippen molar-refractivity contribution in [1.82, 2.24) is 24.0 Å². The molecule has 2 aliphatic rings. The highest BCUT2D eigenvalue weighted by Crippen LogP contribution is 2.36. The minimum absolute atomic E-state index is 0.366. The third-order valence-electron chi connectivity index (χ3n) is 5.98. The molecule has 3 atom stereocenters. The van der Waals surface area contributed by atoms with Crippen LogP contribution in [-0.2, 0) is 0 Å². The Morgan fingerprint density at radius 2 is 2.07 bits per heavy atom. The number of fused-ring (bicyclic) bond motifs is 4.